The Morgan fingerprint density at radius 3 is 1.69 bits per heavy atom. The molecule has 1 atom stereocenters. The lowest BCUT2D eigenvalue weighted by molar-refractivity contribution is 0.409. The lowest BCUT2D eigenvalue weighted by atomic mass is 9.77. The topological polar surface area (TPSA) is 0 Å². The molecule has 0 heterocycles. The second-order valence-electron chi connectivity index (χ2n) is 7.07. The predicted octanol–water partition coefficient (Wildman–Crippen LogP) is 5.61. The second-order valence-corrected chi connectivity index (χ2v) is 7.07. The quantitative estimate of drug-likeness (QED) is 0.542. The number of allylic oxidation sites excluding steroid dienone is 2. The van der Waals surface area contributed by atoms with E-state index in [2.05, 4.69) is 61.6 Å². The molecule has 0 saturated heterocycles. The third-order valence-corrected chi connectivity index (χ3v) is 3.50. The Labute approximate surface area is 103 Å². The molecule has 0 aliphatic heterocycles. The molecule has 1 unspecified atom stereocenters. The van der Waals surface area contributed by atoms with Gasteiger partial charge in [-0.15, -0.1) is 0 Å². The van der Waals surface area contributed by atoms with Crippen LogP contribution in [0, 0.1) is 16.7 Å². The molecule has 0 aliphatic rings. The highest BCUT2D eigenvalue weighted by Gasteiger charge is 2.21. The van der Waals surface area contributed by atoms with Crippen LogP contribution in [0.3, 0.4) is 0 Å². The Hall–Kier alpha value is -0.520. The van der Waals surface area contributed by atoms with Crippen molar-refractivity contribution in [1.82, 2.24) is 0 Å². The Kier molecular flexibility index (Phi) is 5.04. The van der Waals surface area contributed by atoms with Gasteiger partial charge in [-0.1, -0.05) is 72.8 Å². The first-order chi connectivity index (χ1) is 6.96. The van der Waals surface area contributed by atoms with Crippen LogP contribution in [0.1, 0.15) is 61.3 Å². The molecule has 0 aromatic rings. The van der Waals surface area contributed by atoms with Gasteiger partial charge in [0.1, 0.15) is 0 Å². The van der Waals surface area contributed by atoms with Gasteiger partial charge in [-0.25, -0.2) is 0 Å². The fourth-order valence-corrected chi connectivity index (χ4v) is 1.68. The zero-order valence-electron chi connectivity index (χ0n) is 12.4. The Bertz CT molecular complexity index is 255. The van der Waals surface area contributed by atoms with Crippen LogP contribution in [0.2, 0.25) is 0 Å². The third-order valence-electron chi connectivity index (χ3n) is 3.50. The molecule has 0 rings (SSSR count). The maximum absolute atomic E-state index is 4.24. The molecule has 0 spiro atoms. The summed E-state index contributed by atoms with van der Waals surface area (Å²) in [6.07, 6.45) is 2.28. The highest BCUT2D eigenvalue weighted by Crippen LogP contribution is 2.34. The molecule has 0 saturated carbocycles. The molecule has 94 valence electrons. The van der Waals surface area contributed by atoms with E-state index in [9.17, 15) is 0 Å². The number of rotatable bonds is 4. The van der Waals surface area contributed by atoms with Crippen LogP contribution >= 0.6 is 0 Å². The standard InChI is InChI=1S/C16H30/c1-12(14(3)16(7,8)9)10-11-13(2)15(4,5)6/h12H,2-3,10-11H2,1,4-9H3. The van der Waals surface area contributed by atoms with E-state index in [0.29, 0.717) is 5.92 Å². The first-order valence-electron chi connectivity index (χ1n) is 6.33. The van der Waals surface area contributed by atoms with Gasteiger partial charge in [-0.3, -0.25) is 0 Å². The van der Waals surface area contributed by atoms with Crippen LogP contribution in [0.25, 0.3) is 0 Å². The smallest absolute Gasteiger partial charge is 0.0173 e. The van der Waals surface area contributed by atoms with Crippen LogP contribution in [0.4, 0.5) is 0 Å². The van der Waals surface area contributed by atoms with Gasteiger partial charge >= 0.3 is 0 Å². The van der Waals surface area contributed by atoms with Crippen LogP contribution in [-0.4, -0.2) is 0 Å². The van der Waals surface area contributed by atoms with Gasteiger partial charge in [0, 0.05) is 0 Å². The zero-order chi connectivity index (χ0) is 13.1. The van der Waals surface area contributed by atoms with E-state index in [0.717, 1.165) is 6.42 Å². The van der Waals surface area contributed by atoms with Crippen molar-refractivity contribution in [1.29, 1.82) is 0 Å². The summed E-state index contributed by atoms with van der Waals surface area (Å²) in [4.78, 5) is 0. The van der Waals surface area contributed by atoms with E-state index in [1.54, 1.807) is 0 Å². The van der Waals surface area contributed by atoms with Crippen molar-refractivity contribution >= 4 is 0 Å². The van der Waals surface area contributed by atoms with Gasteiger partial charge in [0.05, 0.1) is 0 Å². The molecular formula is C16H30. The molecule has 0 aromatic heterocycles. The second kappa shape index (κ2) is 5.21. The number of hydrogen-bond donors (Lipinski definition) is 0. The van der Waals surface area contributed by atoms with E-state index < -0.39 is 0 Å². The molecule has 0 nitrogen and oxygen atoms in total. The summed E-state index contributed by atoms with van der Waals surface area (Å²) in [6.45, 7) is 24.1. The van der Waals surface area contributed by atoms with E-state index >= 15 is 0 Å². The third kappa shape index (κ3) is 5.01. The minimum Gasteiger partial charge on any atom is -0.0993 e. The first kappa shape index (κ1) is 15.5. The molecule has 0 N–H and O–H groups in total. The van der Waals surface area contributed by atoms with E-state index in [4.69, 9.17) is 0 Å². The van der Waals surface area contributed by atoms with Crippen molar-refractivity contribution in [3.63, 3.8) is 0 Å². The van der Waals surface area contributed by atoms with Gasteiger partial charge < -0.3 is 0 Å². The van der Waals surface area contributed by atoms with Gasteiger partial charge in [-0.05, 0) is 29.6 Å². The Balaban J connectivity index is 4.25. The average Bonchev–Trinajstić information content (AvgIpc) is 2.09. The minimum absolute atomic E-state index is 0.225. The first-order valence-corrected chi connectivity index (χ1v) is 6.33. The normalized spacial score (nSPS) is 14.7. The monoisotopic (exact) mass is 222 g/mol. The van der Waals surface area contributed by atoms with E-state index in [1.165, 1.54) is 17.6 Å². The molecule has 16 heavy (non-hydrogen) atoms. The summed E-state index contributed by atoms with van der Waals surface area (Å²) >= 11 is 0. The van der Waals surface area contributed by atoms with Crippen molar-refractivity contribution in [3.8, 4) is 0 Å². The maximum Gasteiger partial charge on any atom is -0.0173 e. The molecule has 0 aliphatic carbocycles. The van der Waals surface area contributed by atoms with Gasteiger partial charge in [-0.2, -0.15) is 0 Å². The fourth-order valence-electron chi connectivity index (χ4n) is 1.68. The van der Waals surface area contributed by atoms with Crippen LogP contribution in [0.15, 0.2) is 24.3 Å². The summed E-state index contributed by atoms with van der Waals surface area (Å²) in [6, 6.07) is 0. The fraction of sp³-hybridized carbons (Fsp3) is 0.750. The number of hydrogen-bond acceptors (Lipinski definition) is 0. The van der Waals surface area contributed by atoms with Gasteiger partial charge in [0.2, 0.25) is 0 Å². The summed E-state index contributed by atoms with van der Waals surface area (Å²) in [5.74, 6) is 0.582. The van der Waals surface area contributed by atoms with E-state index in [-0.39, 0.29) is 10.8 Å². The minimum atomic E-state index is 0.225. The summed E-state index contributed by atoms with van der Waals surface area (Å²) in [5.41, 5.74) is 3.17. The zero-order valence-corrected chi connectivity index (χ0v) is 12.4. The maximum atomic E-state index is 4.24. The largest absolute Gasteiger partial charge is 0.0993 e. The van der Waals surface area contributed by atoms with Crippen molar-refractivity contribution in [2.75, 3.05) is 0 Å². The summed E-state index contributed by atoms with van der Waals surface area (Å²) in [7, 11) is 0. The Morgan fingerprint density at radius 2 is 1.38 bits per heavy atom. The average molecular weight is 222 g/mol. The highest BCUT2D eigenvalue weighted by molar-refractivity contribution is 5.11. The Morgan fingerprint density at radius 1 is 0.938 bits per heavy atom. The van der Waals surface area contributed by atoms with Crippen LogP contribution < -0.4 is 0 Å². The summed E-state index contributed by atoms with van der Waals surface area (Å²) < 4.78 is 0. The van der Waals surface area contributed by atoms with Crippen molar-refractivity contribution in [3.05, 3.63) is 24.3 Å². The predicted molar refractivity (Wildman–Crippen MR) is 75.6 cm³/mol. The lowest BCUT2D eigenvalue weighted by Crippen LogP contribution is -2.16. The molecule has 0 radical (unpaired) electrons. The molecule has 0 fully saturated rings. The summed E-state index contributed by atoms with van der Waals surface area (Å²) in [5, 5.41) is 0. The van der Waals surface area contributed by atoms with Gasteiger partial charge in [0.15, 0.2) is 0 Å². The van der Waals surface area contributed by atoms with Gasteiger partial charge in [0.25, 0.3) is 0 Å². The van der Waals surface area contributed by atoms with Crippen molar-refractivity contribution in [2.45, 2.75) is 61.3 Å². The van der Waals surface area contributed by atoms with E-state index in [1.807, 2.05) is 0 Å². The molecule has 0 amide bonds. The lowest BCUT2D eigenvalue weighted by Gasteiger charge is -2.29. The SMILES string of the molecule is C=C(CCC(C)C(=C)C(C)(C)C)C(C)(C)C. The highest BCUT2D eigenvalue weighted by atomic mass is 14.3. The van der Waals surface area contributed by atoms with Crippen LogP contribution in [0.5, 0.6) is 0 Å². The molecular weight excluding hydrogens is 192 g/mol. The van der Waals surface area contributed by atoms with Crippen LogP contribution in [-0.2, 0) is 0 Å². The molecule has 0 heteroatoms. The van der Waals surface area contributed by atoms with Crippen molar-refractivity contribution < 1.29 is 0 Å². The molecule has 0 bridgehead atoms. The molecule has 0 aromatic carbocycles. The van der Waals surface area contributed by atoms with Crippen molar-refractivity contribution in [2.24, 2.45) is 16.7 Å².